The van der Waals surface area contributed by atoms with Crippen LogP contribution in [0, 0.1) is 0 Å². The van der Waals surface area contributed by atoms with E-state index in [1.54, 1.807) is 0 Å². The molecule has 1 N–H and O–H groups in total. The topological polar surface area (TPSA) is 39.7 Å². The van der Waals surface area contributed by atoms with Crippen LogP contribution in [0.3, 0.4) is 0 Å². The van der Waals surface area contributed by atoms with Gasteiger partial charge in [-0.3, -0.25) is 0 Å². The van der Waals surface area contributed by atoms with Crippen LogP contribution in [-0.4, -0.2) is 63.7 Å². The minimum Gasteiger partial charge on any atom is -0.379 e. The molecule has 0 aromatic heterocycles. The fourth-order valence-electron chi connectivity index (χ4n) is 2.16. The summed E-state index contributed by atoms with van der Waals surface area (Å²) in [5.41, 5.74) is 0. The van der Waals surface area contributed by atoms with Gasteiger partial charge in [-0.05, 0) is 25.0 Å². The van der Waals surface area contributed by atoms with Crippen LogP contribution in [0.25, 0.3) is 0 Å². The summed E-state index contributed by atoms with van der Waals surface area (Å²) in [5.74, 6) is 1.34. The largest absolute Gasteiger partial charge is 0.379 e. The lowest BCUT2D eigenvalue weighted by Gasteiger charge is -2.21. The first-order chi connectivity index (χ1) is 10.4. The third-order valence-corrected chi connectivity index (χ3v) is 4.85. The summed E-state index contributed by atoms with van der Waals surface area (Å²) in [5, 5.41) is 4.29. The summed E-state index contributed by atoms with van der Waals surface area (Å²) in [4.78, 5) is 0. The zero-order valence-corrected chi connectivity index (χ0v) is 14.4. The average Bonchev–Trinajstić information content (AvgIpc) is 2.53. The third-order valence-electron chi connectivity index (χ3n) is 3.46. The van der Waals surface area contributed by atoms with E-state index in [2.05, 4.69) is 24.0 Å². The van der Waals surface area contributed by atoms with Crippen LogP contribution in [0.15, 0.2) is 0 Å². The van der Waals surface area contributed by atoms with Gasteiger partial charge in [-0.2, -0.15) is 11.8 Å². The van der Waals surface area contributed by atoms with Gasteiger partial charge in [-0.15, -0.1) is 0 Å². The highest BCUT2D eigenvalue weighted by molar-refractivity contribution is 7.99. The Balaban J connectivity index is 1.69. The molecule has 1 aliphatic rings. The predicted octanol–water partition coefficient (Wildman–Crippen LogP) is 2.71. The van der Waals surface area contributed by atoms with Gasteiger partial charge in [0.15, 0.2) is 0 Å². The van der Waals surface area contributed by atoms with Crippen LogP contribution in [-0.2, 0) is 14.2 Å². The monoisotopic (exact) mass is 319 g/mol. The molecule has 126 valence electrons. The Morgan fingerprint density at radius 3 is 2.33 bits per heavy atom. The SMILES string of the molecule is CCCCOCCOCCOCCNCC1CCCCS1. The molecule has 0 bridgehead atoms. The van der Waals surface area contributed by atoms with Crippen molar-refractivity contribution in [3.8, 4) is 0 Å². The van der Waals surface area contributed by atoms with Crippen LogP contribution < -0.4 is 5.32 Å². The van der Waals surface area contributed by atoms with Crippen molar-refractivity contribution in [1.29, 1.82) is 0 Å². The lowest BCUT2D eigenvalue weighted by molar-refractivity contribution is 0.0147. The molecule has 4 nitrogen and oxygen atoms in total. The van der Waals surface area contributed by atoms with E-state index in [0.29, 0.717) is 26.4 Å². The predicted molar refractivity (Wildman–Crippen MR) is 90.3 cm³/mol. The Bertz CT molecular complexity index is 214. The zero-order valence-electron chi connectivity index (χ0n) is 13.6. The summed E-state index contributed by atoms with van der Waals surface area (Å²) in [6.45, 7) is 8.56. The third kappa shape index (κ3) is 12.4. The number of rotatable bonds is 14. The molecule has 0 aromatic carbocycles. The first-order valence-corrected chi connectivity index (χ1v) is 9.54. The molecule has 0 amide bonds. The number of thioether (sulfide) groups is 1. The van der Waals surface area contributed by atoms with Gasteiger partial charge in [-0.1, -0.05) is 19.8 Å². The normalized spacial score (nSPS) is 19.0. The van der Waals surface area contributed by atoms with Crippen molar-refractivity contribution < 1.29 is 14.2 Å². The number of hydrogen-bond donors (Lipinski definition) is 1. The van der Waals surface area contributed by atoms with Crippen molar-refractivity contribution >= 4 is 11.8 Å². The smallest absolute Gasteiger partial charge is 0.0701 e. The van der Waals surface area contributed by atoms with Gasteiger partial charge in [-0.25, -0.2) is 0 Å². The maximum atomic E-state index is 5.53. The average molecular weight is 320 g/mol. The molecule has 1 fully saturated rings. The Labute approximate surface area is 134 Å². The minimum absolute atomic E-state index is 0.662. The molecule has 1 unspecified atom stereocenters. The number of nitrogens with one attached hydrogen (secondary N) is 1. The molecule has 5 heteroatoms. The summed E-state index contributed by atoms with van der Waals surface area (Å²) in [7, 11) is 0. The standard InChI is InChI=1S/C16H33NO3S/c1-2-3-8-18-10-12-20-13-11-19-9-7-17-15-16-6-4-5-14-21-16/h16-17H,2-15H2,1H3. The van der Waals surface area contributed by atoms with E-state index < -0.39 is 0 Å². The van der Waals surface area contributed by atoms with Crippen LogP contribution >= 0.6 is 11.8 Å². The van der Waals surface area contributed by atoms with Crippen molar-refractivity contribution in [2.24, 2.45) is 0 Å². The van der Waals surface area contributed by atoms with E-state index in [1.807, 2.05) is 0 Å². The second-order valence-electron chi connectivity index (χ2n) is 5.38. The van der Waals surface area contributed by atoms with Gasteiger partial charge in [0.2, 0.25) is 0 Å². The van der Waals surface area contributed by atoms with E-state index >= 15 is 0 Å². The van der Waals surface area contributed by atoms with Crippen LogP contribution in [0.5, 0.6) is 0 Å². The molecule has 0 saturated carbocycles. The highest BCUT2D eigenvalue weighted by atomic mass is 32.2. The molecule has 0 aliphatic carbocycles. The zero-order chi connectivity index (χ0) is 15.0. The summed E-state index contributed by atoms with van der Waals surface area (Å²) in [6, 6.07) is 0. The number of ether oxygens (including phenoxy) is 3. The number of unbranched alkanes of at least 4 members (excludes halogenated alkanes) is 1. The van der Waals surface area contributed by atoms with Crippen molar-refractivity contribution in [3.63, 3.8) is 0 Å². The molecule has 1 rings (SSSR count). The second-order valence-corrected chi connectivity index (χ2v) is 6.79. The Kier molecular flexibility index (Phi) is 13.8. The van der Waals surface area contributed by atoms with E-state index in [4.69, 9.17) is 14.2 Å². The fourth-order valence-corrected chi connectivity index (χ4v) is 3.44. The van der Waals surface area contributed by atoms with Gasteiger partial charge >= 0.3 is 0 Å². The highest BCUT2D eigenvalue weighted by Gasteiger charge is 2.12. The molecule has 0 spiro atoms. The fraction of sp³-hybridized carbons (Fsp3) is 1.00. The van der Waals surface area contributed by atoms with Gasteiger partial charge in [0, 0.05) is 24.9 Å². The highest BCUT2D eigenvalue weighted by Crippen LogP contribution is 2.24. The summed E-state index contributed by atoms with van der Waals surface area (Å²) < 4.78 is 16.4. The second kappa shape index (κ2) is 15.1. The minimum atomic E-state index is 0.662. The van der Waals surface area contributed by atoms with E-state index in [-0.39, 0.29) is 0 Å². The molecule has 1 aliphatic heterocycles. The first kappa shape index (κ1) is 19.2. The van der Waals surface area contributed by atoms with Crippen LogP contribution in [0.2, 0.25) is 0 Å². The quantitative estimate of drug-likeness (QED) is 0.499. The van der Waals surface area contributed by atoms with Crippen molar-refractivity contribution in [1.82, 2.24) is 5.32 Å². The first-order valence-electron chi connectivity index (χ1n) is 8.49. The molecule has 0 aromatic rings. The van der Waals surface area contributed by atoms with E-state index in [1.165, 1.54) is 31.4 Å². The lowest BCUT2D eigenvalue weighted by atomic mass is 10.2. The molecule has 21 heavy (non-hydrogen) atoms. The Hall–Kier alpha value is 0.190. The maximum absolute atomic E-state index is 5.53. The maximum Gasteiger partial charge on any atom is 0.0701 e. The van der Waals surface area contributed by atoms with Crippen LogP contribution in [0.1, 0.15) is 39.0 Å². The van der Waals surface area contributed by atoms with E-state index in [0.717, 1.165) is 38.0 Å². The van der Waals surface area contributed by atoms with Crippen LogP contribution in [0.4, 0.5) is 0 Å². The van der Waals surface area contributed by atoms with Crippen molar-refractivity contribution in [3.05, 3.63) is 0 Å². The van der Waals surface area contributed by atoms with Gasteiger partial charge in [0.1, 0.15) is 0 Å². The Morgan fingerprint density at radius 2 is 1.67 bits per heavy atom. The summed E-state index contributed by atoms with van der Waals surface area (Å²) >= 11 is 2.11. The molecule has 1 saturated heterocycles. The van der Waals surface area contributed by atoms with Gasteiger partial charge in [0.05, 0.1) is 33.0 Å². The molecule has 1 atom stereocenters. The lowest BCUT2D eigenvalue weighted by Crippen LogP contribution is -2.29. The number of hydrogen-bond acceptors (Lipinski definition) is 5. The van der Waals surface area contributed by atoms with E-state index in [9.17, 15) is 0 Å². The molecular formula is C16H33NO3S. The molecular weight excluding hydrogens is 286 g/mol. The summed E-state index contributed by atoms with van der Waals surface area (Å²) in [6.07, 6.45) is 6.48. The molecule has 0 radical (unpaired) electrons. The van der Waals surface area contributed by atoms with Crippen molar-refractivity contribution in [2.45, 2.75) is 44.3 Å². The van der Waals surface area contributed by atoms with Gasteiger partial charge in [0.25, 0.3) is 0 Å². The molecule has 1 heterocycles. The van der Waals surface area contributed by atoms with Crippen molar-refractivity contribution in [2.75, 3.05) is 58.5 Å². The van der Waals surface area contributed by atoms with Gasteiger partial charge < -0.3 is 19.5 Å². The Morgan fingerprint density at radius 1 is 0.952 bits per heavy atom.